The van der Waals surface area contributed by atoms with Crippen LogP contribution in [0.4, 0.5) is 0 Å². The minimum absolute atomic E-state index is 0.0841. The van der Waals surface area contributed by atoms with Crippen LogP contribution in [-0.4, -0.2) is 32.0 Å². The molecule has 1 aliphatic rings. The zero-order valence-corrected chi connectivity index (χ0v) is 17.7. The zero-order valence-electron chi connectivity index (χ0n) is 16.9. The van der Waals surface area contributed by atoms with Crippen LogP contribution in [0.15, 0.2) is 47.4 Å². The molecule has 1 atom stereocenters. The van der Waals surface area contributed by atoms with Gasteiger partial charge in [-0.3, -0.25) is 0 Å². The van der Waals surface area contributed by atoms with Crippen LogP contribution in [0.5, 0.6) is 0 Å². The lowest BCUT2D eigenvalue weighted by Crippen LogP contribution is -2.28. The van der Waals surface area contributed by atoms with Crippen molar-refractivity contribution in [3.63, 3.8) is 0 Å². The number of thioether (sulfide) groups is 1. The van der Waals surface area contributed by atoms with Crippen LogP contribution in [-0.2, 0) is 14.9 Å². The summed E-state index contributed by atoms with van der Waals surface area (Å²) in [5.74, 6) is 0.838. The highest BCUT2D eigenvalue weighted by molar-refractivity contribution is 7.99. The first-order valence-corrected chi connectivity index (χ1v) is 10.8. The van der Waals surface area contributed by atoms with E-state index in [1.54, 1.807) is 12.1 Å². The molecule has 0 aromatic heterocycles. The molecule has 0 spiro atoms. The van der Waals surface area contributed by atoms with E-state index in [0.29, 0.717) is 5.56 Å². The first-order valence-electron chi connectivity index (χ1n) is 9.77. The molecule has 0 bridgehead atoms. The van der Waals surface area contributed by atoms with Crippen LogP contribution in [0.25, 0.3) is 12.2 Å². The van der Waals surface area contributed by atoms with E-state index in [2.05, 4.69) is 44.2 Å². The first kappa shape index (κ1) is 20.7. The molecule has 148 valence electrons. The molecule has 1 heterocycles. The van der Waals surface area contributed by atoms with Crippen LogP contribution in [0.1, 0.15) is 53.7 Å². The largest absolute Gasteiger partial charge is 0.465 e. The second-order valence-electron chi connectivity index (χ2n) is 7.35. The quantitative estimate of drug-likeness (QED) is 0.455. The van der Waals surface area contributed by atoms with Crippen molar-refractivity contribution in [1.29, 1.82) is 0 Å². The smallest absolute Gasteiger partial charge is 0.337 e. The Morgan fingerprint density at radius 3 is 2.57 bits per heavy atom. The fourth-order valence-electron chi connectivity index (χ4n) is 3.56. The number of hydrogen-bond acceptors (Lipinski definition) is 4. The summed E-state index contributed by atoms with van der Waals surface area (Å²) in [7, 11) is 1.39. The number of esters is 1. The lowest BCUT2D eigenvalue weighted by Gasteiger charge is -2.30. The SMILES string of the molecule is CCOCC1(C)CCCSc2cc(/C=C/c3ccc(C(=O)OC)cc3)ccc21. The van der Waals surface area contributed by atoms with Crippen molar-refractivity contribution < 1.29 is 14.3 Å². The van der Waals surface area contributed by atoms with Crippen LogP contribution in [0.2, 0.25) is 0 Å². The standard InChI is InChI=1S/C24H28O3S/c1-4-27-17-24(2)14-5-15-28-22-16-19(10-13-21(22)24)7-6-18-8-11-20(12-9-18)23(25)26-3/h6-13,16H,4-5,14-15,17H2,1-3H3/b7-6+. The molecule has 1 unspecified atom stereocenters. The molecular formula is C24H28O3S. The molecule has 0 amide bonds. The first-order chi connectivity index (χ1) is 13.6. The third kappa shape index (κ3) is 4.86. The van der Waals surface area contributed by atoms with Gasteiger partial charge in [0.15, 0.2) is 0 Å². The molecule has 0 saturated carbocycles. The van der Waals surface area contributed by atoms with E-state index in [9.17, 15) is 4.79 Å². The van der Waals surface area contributed by atoms with E-state index in [4.69, 9.17) is 9.47 Å². The Kier molecular flexibility index (Phi) is 6.97. The van der Waals surface area contributed by atoms with Gasteiger partial charge in [0, 0.05) is 16.9 Å². The summed E-state index contributed by atoms with van der Waals surface area (Å²) >= 11 is 1.95. The van der Waals surface area contributed by atoms with Gasteiger partial charge in [0.1, 0.15) is 0 Å². The maximum atomic E-state index is 11.5. The monoisotopic (exact) mass is 396 g/mol. The molecular weight excluding hydrogens is 368 g/mol. The molecule has 0 N–H and O–H groups in total. The fourth-order valence-corrected chi connectivity index (χ4v) is 4.76. The second-order valence-corrected chi connectivity index (χ2v) is 8.49. The fraction of sp³-hybridized carbons (Fsp3) is 0.375. The second kappa shape index (κ2) is 9.44. The Hall–Kier alpha value is -2.04. The number of fused-ring (bicyclic) bond motifs is 1. The predicted octanol–water partition coefficient (Wildman–Crippen LogP) is 5.82. The van der Waals surface area contributed by atoms with E-state index in [1.165, 1.54) is 29.6 Å². The van der Waals surface area contributed by atoms with Crippen molar-refractivity contribution in [3.8, 4) is 0 Å². The molecule has 3 nitrogen and oxygen atoms in total. The Morgan fingerprint density at radius 2 is 1.86 bits per heavy atom. The molecule has 2 aromatic carbocycles. The van der Waals surface area contributed by atoms with Gasteiger partial charge < -0.3 is 9.47 Å². The van der Waals surface area contributed by atoms with Gasteiger partial charge in [-0.15, -0.1) is 11.8 Å². The van der Waals surface area contributed by atoms with Crippen molar-refractivity contribution in [2.24, 2.45) is 0 Å². The Labute approximate surface area is 172 Å². The third-order valence-corrected chi connectivity index (χ3v) is 6.35. The molecule has 0 radical (unpaired) electrons. The molecule has 1 aliphatic heterocycles. The summed E-state index contributed by atoms with van der Waals surface area (Å²) in [6.45, 7) is 5.92. The molecule has 0 fully saturated rings. The van der Waals surface area contributed by atoms with Crippen molar-refractivity contribution in [3.05, 3.63) is 64.7 Å². The zero-order chi connectivity index (χ0) is 20.0. The molecule has 28 heavy (non-hydrogen) atoms. The summed E-state index contributed by atoms with van der Waals surface area (Å²) in [5.41, 5.74) is 4.29. The highest BCUT2D eigenvalue weighted by atomic mass is 32.2. The van der Waals surface area contributed by atoms with Crippen molar-refractivity contribution in [1.82, 2.24) is 0 Å². The van der Waals surface area contributed by atoms with Gasteiger partial charge in [-0.05, 0) is 60.4 Å². The van der Waals surface area contributed by atoms with Gasteiger partial charge in [0.2, 0.25) is 0 Å². The number of hydrogen-bond donors (Lipinski definition) is 0. The Bertz CT molecular complexity index is 841. The number of benzene rings is 2. The van der Waals surface area contributed by atoms with Crippen LogP contribution in [0, 0.1) is 0 Å². The van der Waals surface area contributed by atoms with Crippen molar-refractivity contribution in [2.45, 2.75) is 37.0 Å². The Morgan fingerprint density at radius 1 is 1.14 bits per heavy atom. The van der Waals surface area contributed by atoms with Gasteiger partial charge in [-0.1, -0.05) is 43.3 Å². The van der Waals surface area contributed by atoms with Gasteiger partial charge >= 0.3 is 5.97 Å². The van der Waals surface area contributed by atoms with Crippen LogP contribution >= 0.6 is 11.8 Å². The van der Waals surface area contributed by atoms with E-state index >= 15 is 0 Å². The predicted molar refractivity (Wildman–Crippen MR) is 117 cm³/mol. The number of carbonyl (C=O) groups excluding carboxylic acids is 1. The highest BCUT2D eigenvalue weighted by Crippen LogP contribution is 2.41. The minimum atomic E-state index is -0.312. The minimum Gasteiger partial charge on any atom is -0.465 e. The summed E-state index contributed by atoms with van der Waals surface area (Å²) in [6, 6.07) is 14.2. The average Bonchev–Trinajstić information content (AvgIpc) is 2.89. The third-order valence-electron chi connectivity index (χ3n) is 5.21. The summed E-state index contributed by atoms with van der Waals surface area (Å²) in [6.07, 6.45) is 6.57. The number of ether oxygens (including phenoxy) is 2. The van der Waals surface area contributed by atoms with E-state index in [1.807, 2.05) is 23.9 Å². The van der Waals surface area contributed by atoms with Crippen molar-refractivity contribution in [2.75, 3.05) is 26.1 Å². The summed E-state index contributed by atoms with van der Waals surface area (Å²) < 4.78 is 10.5. The molecule has 0 saturated heterocycles. The topological polar surface area (TPSA) is 35.5 Å². The number of rotatable bonds is 6. The van der Waals surface area contributed by atoms with Crippen LogP contribution < -0.4 is 0 Å². The lowest BCUT2D eigenvalue weighted by atomic mass is 9.79. The Balaban J connectivity index is 1.80. The van der Waals surface area contributed by atoms with Gasteiger partial charge in [0.25, 0.3) is 0 Å². The summed E-state index contributed by atoms with van der Waals surface area (Å²) in [5, 5.41) is 0. The molecule has 2 aromatic rings. The molecule has 3 rings (SSSR count). The maximum absolute atomic E-state index is 11.5. The van der Waals surface area contributed by atoms with Crippen LogP contribution in [0.3, 0.4) is 0 Å². The van der Waals surface area contributed by atoms with E-state index in [-0.39, 0.29) is 11.4 Å². The molecule has 4 heteroatoms. The number of carbonyl (C=O) groups is 1. The van der Waals surface area contributed by atoms with E-state index < -0.39 is 0 Å². The van der Waals surface area contributed by atoms with E-state index in [0.717, 1.165) is 31.0 Å². The normalized spacial score (nSPS) is 19.2. The molecule has 0 aliphatic carbocycles. The van der Waals surface area contributed by atoms with Gasteiger partial charge in [-0.25, -0.2) is 4.79 Å². The van der Waals surface area contributed by atoms with Gasteiger partial charge in [0.05, 0.1) is 19.3 Å². The van der Waals surface area contributed by atoms with Crippen molar-refractivity contribution >= 4 is 29.9 Å². The highest BCUT2D eigenvalue weighted by Gasteiger charge is 2.31. The lowest BCUT2D eigenvalue weighted by molar-refractivity contribution is 0.0600. The van der Waals surface area contributed by atoms with Gasteiger partial charge in [-0.2, -0.15) is 0 Å². The average molecular weight is 397 g/mol. The summed E-state index contributed by atoms with van der Waals surface area (Å²) in [4.78, 5) is 12.9. The maximum Gasteiger partial charge on any atom is 0.337 e. The number of methoxy groups -OCH3 is 1.